The van der Waals surface area contributed by atoms with Crippen molar-refractivity contribution in [3.05, 3.63) is 54.0 Å². The first kappa shape index (κ1) is 24.3. The summed E-state index contributed by atoms with van der Waals surface area (Å²) in [5, 5.41) is 6.61. The second-order valence-corrected chi connectivity index (χ2v) is 6.69. The Morgan fingerprint density at radius 3 is 2.75 bits per heavy atom. The zero-order valence-corrected chi connectivity index (χ0v) is 19.3. The Morgan fingerprint density at radius 2 is 2.04 bits per heavy atom. The molecule has 0 amide bonds. The van der Waals surface area contributed by atoms with Crippen molar-refractivity contribution in [2.45, 2.75) is 33.4 Å². The van der Waals surface area contributed by atoms with Crippen molar-refractivity contribution >= 4 is 29.9 Å². The van der Waals surface area contributed by atoms with Gasteiger partial charge in [0.25, 0.3) is 0 Å². The highest BCUT2D eigenvalue weighted by Gasteiger charge is 2.02. The number of nitrogens with one attached hydrogen (secondary N) is 2. The van der Waals surface area contributed by atoms with Crippen LogP contribution in [-0.4, -0.2) is 32.8 Å². The molecular formula is C21H32IN3O3. The minimum absolute atomic E-state index is 0. The summed E-state index contributed by atoms with van der Waals surface area (Å²) in [6.45, 7) is 7.66. The number of aliphatic imine (C=N–C) groups is 1. The van der Waals surface area contributed by atoms with Gasteiger partial charge in [0, 0.05) is 26.7 Å². The van der Waals surface area contributed by atoms with E-state index >= 15 is 0 Å². The zero-order valence-electron chi connectivity index (χ0n) is 16.9. The second-order valence-electron chi connectivity index (χ2n) is 6.69. The topological polar surface area (TPSA) is 68.0 Å². The third kappa shape index (κ3) is 9.98. The van der Waals surface area contributed by atoms with Crippen molar-refractivity contribution in [3.63, 3.8) is 0 Å². The number of hydrogen-bond acceptors (Lipinski definition) is 4. The second kappa shape index (κ2) is 14.3. The molecule has 0 aliphatic carbocycles. The van der Waals surface area contributed by atoms with Crippen LogP contribution < -0.4 is 15.4 Å². The first-order chi connectivity index (χ1) is 13.2. The lowest BCUT2D eigenvalue weighted by atomic mass is 10.2. The van der Waals surface area contributed by atoms with E-state index in [-0.39, 0.29) is 24.0 Å². The van der Waals surface area contributed by atoms with E-state index in [4.69, 9.17) is 13.9 Å². The lowest BCUT2D eigenvalue weighted by Crippen LogP contribution is -2.37. The normalized spacial score (nSPS) is 11.2. The van der Waals surface area contributed by atoms with Crippen molar-refractivity contribution in [2.24, 2.45) is 10.9 Å². The van der Waals surface area contributed by atoms with Gasteiger partial charge in [0.15, 0.2) is 5.96 Å². The van der Waals surface area contributed by atoms with Crippen LogP contribution in [0.5, 0.6) is 5.75 Å². The van der Waals surface area contributed by atoms with Gasteiger partial charge in [0.05, 0.1) is 12.9 Å². The Labute approximate surface area is 185 Å². The molecule has 2 aromatic rings. The average Bonchev–Trinajstić information content (AvgIpc) is 3.19. The molecule has 0 saturated heterocycles. The van der Waals surface area contributed by atoms with Crippen LogP contribution in [0.3, 0.4) is 0 Å². The minimum atomic E-state index is 0. The largest absolute Gasteiger partial charge is 0.493 e. The van der Waals surface area contributed by atoms with E-state index < -0.39 is 0 Å². The van der Waals surface area contributed by atoms with E-state index in [1.807, 2.05) is 24.3 Å². The number of benzene rings is 1. The summed E-state index contributed by atoms with van der Waals surface area (Å²) in [5.41, 5.74) is 1.15. The molecule has 1 aromatic heterocycles. The highest BCUT2D eigenvalue weighted by Crippen LogP contribution is 2.14. The fourth-order valence-electron chi connectivity index (χ4n) is 2.36. The van der Waals surface area contributed by atoms with Crippen LogP contribution in [0.4, 0.5) is 0 Å². The van der Waals surface area contributed by atoms with Crippen molar-refractivity contribution in [3.8, 4) is 5.75 Å². The molecule has 0 aliphatic rings. The standard InChI is InChI=1S/C21H31N3O3.HI/c1-17(2)15-27-19-8-4-7-18(13-19)14-24-21(22-3)23-10-6-11-25-16-20-9-5-12-26-20;/h4-5,7-9,12-13,17H,6,10-11,14-16H2,1-3H3,(H2,22,23,24);1H. The third-order valence-corrected chi connectivity index (χ3v) is 3.75. The Bertz CT molecular complexity index is 675. The molecule has 0 unspecified atom stereocenters. The smallest absolute Gasteiger partial charge is 0.191 e. The van der Waals surface area contributed by atoms with Gasteiger partial charge in [-0.3, -0.25) is 4.99 Å². The van der Waals surface area contributed by atoms with Crippen LogP contribution in [0.15, 0.2) is 52.1 Å². The van der Waals surface area contributed by atoms with Gasteiger partial charge in [0.1, 0.15) is 18.1 Å². The Balaban J connectivity index is 0.00000392. The molecule has 156 valence electrons. The van der Waals surface area contributed by atoms with Gasteiger partial charge in [-0.2, -0.15) is 0 Å². The molecule has 0 aliphatic heterocycles. The molecule has 6 nitrogen and oxygen atoms in total. The number of halogens is 1. The Kier molecular flexibility index (Phi) is 12.4. The number of guanidine groups is 1. The lowest BCUT2D eigenvalue weighted by molar-refractivity contribution is 0.105. The van der Waals surface area contributed by atoms with E-state index in [9.17, 15) is 0 Å². The van der Waals surface area contributed by atoms with E-state index in [0.29, 0.717) is 25.7 Å². The number of nitrogens with zero attached hydrogens (tertiary/aromatic N) is 1. The van der Waals surface area contributed by atoms with Crippen molar-refractivity contribution in [1.29, 1.82) is 0 Å². The van der Waals surface area contributed by atoms with Crippen LogP contribution in [0.2, 0.25) is 0 Å². The SMILES string of the molecule is CN=C(NCCCOCc1ccco1)NCc1cccc(OCC(C)C)c1.I. The van der Waals surface area contributed by atoms with E-state index in [1.165, 1.54) is 0 Å². The predicted octanol–water partition coefficient (Wildman–Crippen LogP) is 4.20. The van der Waals surface area contributed by atoms with Crippen LogP contribution in [-0.2, 0) is 17.9 Å². The van der Waals surface area contributed by atoms with Gasteiger partial charge >= 0.3 is 0 Å². The van der Waals surface area contributed by atoms with Crippen LogP contribution >= 0.6 is 24.0 Å². The summed E-state index contributed by atoms with van der Waals surface area (Å²) in [7, 11) is 1.77. The predicted molar refractivity (Wildman–Crippen MR) is 123 cm³/mol. The van der Waals surface area contributed by atoms with Gasteiger partial charge < -0.3 is 24.5 Å². The van der Waals surface area contributed by atoms with Gasteiger partial charge in [0.2, 0.25) is 0 Å². The molecule has 2 N–H and O–H groups in total. The number of ether oxygens (including phenoxy) is 2. The maximum Gasteiger partial charge on any atom is 0.191 e. The quantitative estimate of drug-likeness (QED) is 0.209. The van der Waals surface area contributed by atoms with Gasteiger partial charge in [-0.15, -0.1) is 24.0 Å². The van der Waals surface area contributed by atoms with Crippen molar-refractivity contribution in [1.82, 2.24) is 10.6 Å². The zero-order chi connectivity index (χ0) is 19.3. The molecule has 0 fully saturated rings. The average molecular weight is 501 g/mol. The summed E-state index contributed by atoms with van der Waals surface area (Å²) in [6, 6.07) is 11.9. The monoisotopic (exact) mass is 501 g/mol. The van der Waals surface area contributed by atoms with Crippen molar-refractivity contribution in [2.75, 3.05) is 26.8 Å². The van der Waals surface area contributed by atoms with E-state index in [2.05, 4.69) is 41.6 Å². The summed E-state index contributed by atoms with van der Waals surface area (Å²) in [5.74, 6) is 3.03. The third-order valence-electron chi connectivity index (χ3n) is 3.75. The fraction of sp³-hybridized carbons (Fsp3) is 0.476. The minimum Gasteiger partial charge on any atom is -0.493 e. The molecule has 0 atom stereocenters. The molecular weight excluding hydrogens is 469 g/mol. The molecule has 1 aromatic carbocycles. The highest BCUT2D eigenvalue weighted by molar-refractivity contribution is 14.0. The van der Waals surface area contributed by atoms with Crippen LogP contribution in [0.25, 0.3) is 0 Å². The Morgan fingerprint density at radius 1 is 1.18 bits per heavy atom. The molecule has 0 radical (unpaired) electrons. The Hall–Kier alpha value is -1.74. The molecule has 2 rings (SSSR count). The summed E-state index contributed by atoms with van der Waals surface area (Å²) < 4.78 is 16.6. The molecule has 1 heterocycles. The molecule has 28 heavy (non-hydrogen) atoms. The maximum absolute atomic E-state index is 5.78. The molecule has 7 heteroatoms. The molecule has 0 spiro atoms. The van der Waals surface area contributed by atoms with Crippen molar-refractivity contribution < 1.29 is 13.9 Å². The van der Waals surface area contributed by atoms with E-state index in [0.717, 1.165) is 42.6 Å². The number of rotatable bonds is 11. The summed E-state index contributed by atoms with van der Waals surface area (Å²) in [6.07, 6.45) is 2.54. The number of furan rings is 1. The van der Waals surface area contributed by atoms with Crippen LogP contribution in [0.1, 0.15) is 31.6 Å². The first-order valence-electron chi connectivity index (χ1n) is 9.43. The molecule has 0 saturated carbocycles. The summed E-state index contributed by atoms with van der Waals surface area (Å²) in [4.78, 5) is 4.25. The maximum atomic E-state index is 5.78. The lowest BCUT2D eigenvalue weighted by Gasteiger charge is -2.13. The molecule has 0 bridgehead atoms. The number of hydrogen-bond donors (Lipinski definition) is 2. The summed E-state index contributed by atoms with van der Waals surface area (Å²) >= 11 is 0. The van der Waals surface area contributed by atoms with Crippen LogP contribution in [0, 0.1) is 5.92 Å². The van der Waals surface area contributed by atoms with Gasteiger partial charge in [-0.1, -0.05) is 26.0 Å². The highest BCUT2D eigenvalue weighted by atomic mass is 127. The van der Waals surface area contributed by atoms with Gasteiger partial charge in [-0.25, -0.2) is 0 Å². The first-order valence-corrected chi connectivity index (χ1v) is 9.43. The fourth-order valence-corrected chi connectivity index (χ4v) is 2.36. The van der Waals surface area contributed by atoms with E-state index in [1.54, 1.807) is 13.3 Å². The van der Waals surface area contributed by atoms with Gasteiger partial charge in [-0.05, 0) is 42.2 Å².